The SMILES string of the molecule is N#CCc1ccc(C=CCCNC(=O)OCC2c3ccccc3-c3ccccc32)c(F)c1. The molecule has 0 fully saturated rings. The summed E-state index contributed by atoms with van der Waals surface area (Å²) < 4.78 is 19.5. The highest BCUT2D eigenvalue weighted by Gasteiger charge is 2.28. The number of carbonyl (C=O) groups excluding carboxylic acids is 1. The molecule has 3 aromatic rings. The fourth-order valence-corrected chi connectivity index (χ4v) is 4.02. The molecule has 5 heteroatoms. The van der Waals surface area contributed by atoms with E-state index in [0.29, 0.717) is 24.1 Å². The van der Waals surface area contributed by atoms with Crippen LogP contribution in [-0.4, -0.2) is 19.2 Å². The van der Waals surface area contributed by atoms with E-state index in [1.165, 1.54) is 28.3 Å². The summed E-state index contributed by atoms with van der Waals surface area (Å²) in [7, 11) is 0. The van der Waals surface area contributed by atoms with Crippen molar-refractivity contribution in [3.05, 3.63) is 101 Å². The van der Waals surface area contributed by atoms with Gasteiger partial charge in [0.1, 0.15) is 12.4 Å². The maximum atomic E-state index is 14.0. The van der Waals surface area contributed by atoms with Crippen molar-refractivity contribution < 1.29 is 13.9 Å². The van der Waals surface area contributed by atoms with Gasteiger partial charge in [-0.15, -0.1) is 0 Å². The number of carbonyl (C=O) groups is 1. The molecule has 4 rings (SSSR count). The Balaban J connectivity index is 1.26. The molecule has 0 heterocycles. The lowest BCUT2D eigenvalue weighted by Crippen LogP contribution is -2.26. The summed E-state index contributed by atoms with van der Waals surface area (Å²) in [5.41, 5.74) is 5.83. The predicted octanol–water partition coefficient (Wildman–Crippen LogP) is 5.83. The highest BCUT2D eigenvalue weighted by molar-refractivity contribution is 5.79. The first kappa shape index (κ1) is 21.3. The fourth-order valence-electron chi connectivity index (χ4n) is 4.02. The molecule has 3 aromatic carbocycles. The van der Waals surface area contributed by atoms with Crippen LogP contribution in [0.2, 0.25) is 0 Å². The van der Waals surface area contributed by atoms with Gasteiger partial charge in [0.05, 0.1) is 12.5 Å². The predicted molar refractivity (Wildman–Crippen MR) is 122 cm³/mol. The molecular formula is C27H23FN2O2. The van der Waals surface area contributed by atoms with E-state index < -0.39 is 6.09 Å². The second-order valence-corrected chi connectivity index (χ2v) is 7.63. The Morgan fingerprint density at radius 3 is 2.41 bits per heavy atom. The van der Waals surface area contributed by atoms with E-state index in [2.05, 4.69) is 29.6 Å². The summed E-state index contributed by atoms with van der Waals surface area (Å²) >= 11 is 0. The van der Waals surface area contributed by atoms with Gasteiger partial charge in [-0.3, -0.25) is 0 Å². The van der Waals surface area contributed by atoms with Crippen molar-refractivity contribution in [3.8, 4) is 17.2 Å². The first-order valence-electron chi connectivity index (χ1n) is 10.6. The number of benzene rings is 3. The molecule has 32 heavy (non-hydrogen) atoms. The number of halogens is 1. The smallest absolute Gasteiger partial charge is 0.407 e. The van der Waals surface area contributed by atoms with E-state index in [1.54, 1.807) is 24.3 Å². The summed E-state index contributed by atoms with van der Waals surface area (Å²) in [5.74, 6) is -0.335. The van der Waals surface area contributed by atoms with Gasteiger partial charge >= 0.3 is 6.09 Å². The first-order chi connectivity index (χ1) is 15.7. The lowest BCUT2D eigenvalue weighted by Gasteiger charge is -2.14. The third-order valence-corrected chi connectivity index (χ3v) is 5.57. The summed E-state index contributed by atoms with van der Waals surface area (Å²) in [6.45, 7) is 0.664. The highest BCUT2D eigenvalue weighted by atomic mass is 19.1. The molecule has 0 atom stereocenters. The molecule has 1 aliphatic rings. The topological polar surface area (TPSA) is 62.1 Å². The number of amides is 1. The number of ether oxygens (including phenoxy) is 1. The third-order valence-electron chi connectivity index (χ3n) is 5.57. The quantitative estimate of drug-likeness (QED) is 0.483. The van der Waals surface area contributed by atoms with Crippen molar-refractivity contribution in [2.45, 2.75) is 18.8 Å². The molecule has 0 aliphatic heterocycles. The van der Waals surface area contributed by atoms with Crippen LogP contribution < -0.4 is 5.32 Å². The number of hydrogen-bond donors (Lipinski definition) is 1. The van der Waals surface area contributed by atoms with Crippen LogP contribution >= 0.6 is 0 Å². The molecular weight excluding hydrogens is 403 g/mol. The molecule has 0 spiro atoms. The van der Waals surface area contributed by atoms with Crippen molar-refractivity contribution in [2.75, 3.05) is 13.2 Å². The summed E-state index contributed by atoms with van der Waals surface area (Å²) in [6.07, 6.45) is 3.73. The maximum Gasteiger partial charge on any atom is 0.407 e. The van der Waals surface area contributed by atoms with Gasteiger partial charge < -0.3 is 10.1 Å². The van der Waals surface area contributed by atoms with E-state index in [0.717, 1.165) is 0 Å². The van der Waals surface area contributed by atoms with Crippen LogP contribution in [0.1, 0.15) is 34.6 Å². The van der Waals surface area contributed by atoms with E-state index >= 15 is 0 Å². The molecule has 1 amide bonds. The molecule has 0 radical (unpaired) electrons. The second kappa shape index (κ2) is 9.93. The normalized spacial score (nSPS) is 12.2. The number of alkyl carbamates (subject to hydrolysis) is 1. The van der Waals surface area contributed by atoms with Crippen LogP contribution in [0.15, 0.2) is 72.8 Å². The van der Waals surface area contributed by atoms with Crippen LogP contribution in [0.5, 0.6) is 0 Å². The molecule has 4 nitrogen and oxygen atoms in total. The number of nitrogens with zero attached hydrogens (tertiary/aromatic N) is 1. The molecule has 160 valence electrons. The van der Waals surface area contributed by atoms with Gasteiger partial charge in [-0.25, -0.2) is 9.18 Å². The van der Waals surface area contributed by atoms with Gasteiger partial charge in [-0.05, 0) is 40.3 Å². The van der Waals surface area contributed by atoms with E-state index in [4.69, 9.17) is 10.00 Å². The minimum atomic E-state index is -0.465. The summed E-state index contributed by atoms with van der Waals surface area (Å²) in [4.78, 5) is 12.2. The largest absolute Gasteiger partial charge is 0.449 e. The number of hydrogen-bond acceptors (Lipinski definition) is 3. The van der Waals surface area contributed by atoms with Crippen LogP contribution in [-0.2, 0) is 11.2 Å². The number of fused-ring (bicyclic) bond motifs is 3. The zero-order valence-corrected chi connectivity index (χ0v) is 17.6. The molecule has 0 saturated carbocycles. The first-order valence-corrected chi connectivity index (χ1v) is 10.6. The Hall–Kier alpha value is -3.91. The average molecular weight is 426 g/mol. The standard InChI is InChI=1S/C27H23FN2O2/c28-26-17-19(14-15-29)12-13-20(26)7-5-6-16-30-27(31)32-18-25-23-10-3-1-8-21(23)22-9-2-4-11-24(22)25/h1-5,7-13,17,25H,6,14,16,18H2,(H,30,31). The van der Waals surface area contributed by atoms with Gasteiger partial charge in [0.15, 0.2) is 0 Å². The fraction of sp³-hybridized carbons (Fsp3) is 0.185. The average Bonchev–Trinajstić information content (AvgIpc) is 3.13. The maximum absolute atomic E-state index is 14.0. The zero-order chi connectivity index (χ0) is 22.3. The second-order valence-electron chi connectivity index (χ2n) is 7.63. The minimum Gasteiger partial charge on any atom is -0.449 e. The van der Waals surface area contributed by atoms with Crippen molar-refractivity contribution >= 4 is 12.2 Å². The Kier molecular flexibility index (Phi) is 6.62. The molecule has 0 unspecified atom stereocenters. The summed E-state index contributed by atoms with van der Waals surface area (Å²) in [6, 6.07) is 23.2. The lowest BCUT2D eigenvalue weighted by atomic mass is 9.98. The third kappa shape index (κ3) is 4.70. The van der Waals surface area contributed by atoms with E-state index in [-0.39, 0.29) is 24.8 Å². The number of nitrogens with one attached hydrogen (secondary N) is 1. The van der Waals surface area contributed by atoms with Gasteiger partial charge in [-0.2, -0.15) is 5.26 Å². The van der Waals surface area contributed by atoms with Crippen LogP contribution in [0, 0.1) is 17.1 Å². The Morgan fingerprint density at radius 1 is 1.06 bits per heavy atom. The van der Waals surface area contributed by atoms with Crippen molar-refractivity contribution in [1.29, 1.82) is 5.26 Å². The lowest BCUT2D eigenvalue weighted by molar-refractivity contribution is 0.143. The highest BCUT2D eigenvalue weighted by Crippen LogP contribution is 2.44. The Labute approximate surface area is 187 Å². The monoisotopic (exact) mass is 426 g/mol. The summed E-state index contributed by atoms with van der Waals surface area (Å²) in [5, 5.41) is 11.4. The Bertz CT molecular complexity index is 1150. The number of rotatable bonds is 7. The molecule has 1 N–H and O–H groups in total. The van der Waals surface area contributed by atoms with Gasteiger partial charge in [0, 0.05) is 18.0 Å². The van der Waals surface area contributed by atoms with Crippen molar-refractivity contribution in [3.63, 3.8) is 0 Å². The van der Waals surface area contributed by atoms with Crippen LogP contribution in [0.25, 0.3) is 17.2 Å². The zero-order valence-electron chi connectivity index (χ0n) is 17.6. The molecule has 0 saturated heterocycles. The van der Waals surface area contributed by atoms with Gasteiger partial charge in [0.2, 0.25) is 0 Å². The Morgan fingerprint density at radius 2 is 1.75 bits per heavy atom. The molecule has 1 aliphatic carbocycles. The number of nitriles is 1. The molecule has 0 bridgehead atoms. The van der Waals surface area contributed by atoms with Gasteiger partial charge in [0.25, 0.3) is 0 Å². The minimum absolute atomic E-state index is 0.0278. The van der Waals surface area contributed by atoms with Crippen molar-refractivity contribution in [2.24, 2.45) is 0 Å². The van der Waals surface area contributed by atoms with Gasteiger partial charge in [-0.1, -0.05) is 72.8 Å². The van der Waals surface area contributed by atoms with E-state index in [1.807, 2.05) is 30.3 Å². The van der Waals surface area contributed by atoms with Crippen LogP contribution in [0.3, 0.4) is 0 Å². The molecule has 0 aromatic heterocycles. The van der Waals surface area contributed by atoms with E-state index in [9.17, 15) is 9.18 Å². The van der Waals surface area contributed by atoms with Crippen LogP contribution in [0.4, 0.5) is 9.18 Å². The van der Waals surface area contributed by atoms with Crippen molar-refractivity contribution in [1.82, 2.24) is 5.32 Å².